The molecule has 2 fully saturated rings. The van der Waals surface area contributed by atoms with Gasteiger partial charge < -0.3 is 9.47 Å². The van der Waals surface area contributed by atoms with Gasteiger partial charge in [-0.2, -0.15) is 0 Å². The lowest BCUT2D eigenvalue weighted by Gasteiger charge is -2.50. The summed E-state index contributed by atoms with van der Waals surface area (Å²) >= 11 is 0. The molecule has 2 aliphatic heterocycles. The van der Waals surface area contributed by atoms with Crippen molar-refractivity contribution in [1.29, 1.82) is 0 Å². The molecule has 3 rings (SSSR count). The van der Waals surface area contributed by atoms with Gasteiger partial charge in [-0.05, 0) is 18.6 Å². The van der Waals surface area contributed by atoms with E-state index >= 15 is 0 Å². The lowest BCUT2D eigenvalue weighted by atomic mass is 9.81. The Balaban J connectivity index is 1.51. The van der Waals surface area contributed by atoms with Crippen LogP contribution < -0.4 is 4.74 Å². The number of pyridine rings is 1. The van der Waals surface area contributed by atoms with Gasteiger partial charge in [-0.1, -0.05) is 6.92 Å². The minimum Gasteiger partial charge on any atom is -0.475 e. The van der Waals surface area contributed by atoms with Crippen molar-refractivity contribution in [3.05, 3.63) is 24.1 Å². The monoisotopic (exact) mass is 358 g/mol. The molecule has 0 unspecified atom stereocenters. The van der Waals surface area contributed by atoms with Crippen LogP contribution in [0.15, 0.2) is 18.3 Å². The highest BCUT2D eigenvalue weighted by atomic mass is 32.2. The number of ether oxygens (including phenoxy) is 2. The molecule has 1 aromatic heterocycles. The number of aromatic nitrogens is 1. The summed E-state index contributed by atoms with van der Waals surface area (Å²) in [5.41, 5.74) is -0.290. The van der Waals surface area contributed by atoms with Gasteiger partial charge in [0.1, 0.15) is 0 Å². The van der Waals surface area contributed by atoms with Crippen molar-refractivity contribution in [2.24, 2.45) is 5.92 Å². The smallest absolute Gasteiger partial charge is 0.250 e. The van der Waals surface area contributed by atoms with Crippen LogP contribution >= 0.6 is 0 Å². The highest BCUT2D eigenvalue weighted by Gasteiger charge is 2.53. The van der Waals surface area contributed by atoms with Gasteiger partial charge in [0, 0.05) is 44.1 Å². The van der Waals surface area contributed by atoms with Gasteiger partial charge in [0.2, 0.25) is 5.88 Å². The SMILES string of the molecule is CCS(=O)(=O)CCN1CC2(C1)OCC[C@@H]2COc1ncccc1F. The molecule has 0 amide bonds. The zero-order valence-electron chi connectivity index (χ0n) is 13.8. The number of hydrogen-bond donors (Lipinski definition) is 0. The summed E-state index contributed by atoms with van der Waals surface area (Å²) in [5.74, 6) is 0.0715. The summed E-state index contributed by atoms with van der Waals surface area (Å²) in [6.45, 7) is 4.60. The van der Waals surface area contributed by atoms with E-state index in [9.17, 15) is 12.8 Å². The van der Waals surface area contributed by atoms with Gasteiger partial charge in [-0.25, -0.2) is 17.8 Å². The number of sulfone groups is 1. The molecule has 2 saturated heterocycles. The van der Waals surface area contributed by atoms with Crippen LogP contribution in [0, 0.1) is 11.7 Å². The molecule has 1 spiro atoms. The van der Waals surface area contributed by atoms with Crippen molar-refractivity contribution in [3.8, 4) is 5.88 Å². The standard InChI is InChI=1S/C16H23FN2O4S/c1-2-24(20,21)9-7-19-11-16(12-19)13(5-8-23-16)10-22-15-14(17)4-3-6-18-15/h3-4,6,13H,2,5,7-12H2,1H3/t13-/m1/s1. The Morgan fingerprint density at radius 2 is 2.29 bits per heavy atom. The Hall–Kier alpha value is -1.25. The van der Waals surface area contributed by atoms with E-state index in [1.165, 1.54) is 18.3 Å². The van der Waals surface area contributed by atoms with E-state index in [2.05, 4.69) is 9.88 Å². The molecule has 0 N–H and O–H groups in total. The fraction of sp³-hybridized carbons (Fsp3) is 0.688. The van der Waals surface area contributed by atoms with Crippen LogP contribution in [-0.2, 0) is 14.6 Å². The summed E-state index contributed by atoms with van der Waals surface area (Å²) in [4.78, 5) is 5.99. The molecular weight excluding hydrogens is 335 g/mol. The minimum atomic E-state index is -2.95. The van der Waals surface area contributed by atoms with Gasteiger partial charge >= 0.3 is 0 Å². The molecule has 24 heavy (non-hydrogen) atoms. The second-order valence-electron chi connectivity index (χ2n) is 6.45. The first-order valence-corrected chi connectivity index (χ1v) is 10.1. The second kappa shape index (κ2) is 6.93. The average Bonchev–Trinajstić information content (AvgIpc) is 2.95. The molecule has 0 bridgehead atoms. The normalized spacial score (nSPS) is 23.3. The van der Waals surface area contributed by atoms with E-state index in [1.54, 1.807) is 6.92 Å². The molecule has 3 heterocycles. The molecule has 6 nitrogen and oxygen atoms in total. The molecule has 0 radical (unpaired) electrons. The van der Waals surface area contributed by atoms with Crippen molar-refractivity contribution >= 4 is 9.84 Å². The van der Waals surface area contributed by atoms with Crippen molar-refractivity contribution in [1.82, 2.24) is 9.88 Å². The predicted octanol–water partition coefficient (Wildman–Crippen LogP) is 1.13. The molecule has 2 aliphatic rings. The maximum Gasteiger partial charge on any atom is 0.250 e. The Kier molecular flexibility index (Phi) is 5.08. The third kappa shape index (κ3) is 3.70. The average molecular weight is 358 g/mol. The van der Waals surface area contributed by atoms with Crippen molar-refractivity contribution < 1.29 is 22.3 Å². The lowest BCUT2D eigenvalue weighted by molar-refractivity contribution is -0.135. The largest absolute Gasteiger partial charge is 0.475 e. The molecular formula is C16H23FN2O4S. The molecule has 0 aromatic carbocycles. The van der Waals surface area contributed by atoms with E-state index < -0.39 is 15.7 Å². The van der Waals surface area contributed by atoms with Gasteiger partial charge in [0.05, 0.1) is 18.0 Å². The Labute approximate surface area is 141 Å². The maximum absolute atomic E-state index is 13.6. The van der Waals surface area contributed by atoms with Crippen molar-refractivity contribution in [3.63, 3.8) is 0 Å². The molecule has 1 atom stereocenters. The molecule has 0 aliphatic carbocycles. The number of nitrogens with zero attached hydrogens (tertiary/aromatic N) is 2. The van der Waals surface area contributed by atoms with Gasteiger partial charge in [0.25, 0.3) is 0 Å². The first kappa shape index (κ1) is 17.6. The molecule has 1 aromatic rings. The van der Waals surface area contributed by atoms with E-state index in [4.69, 9.17) is 9.47 Å². The van der Waals surface area contributed by atoms with E-state index in [1.807, 2.05) is 0 Å². The lowest BCUT2D eigenvalue weighted by Crippen LogP contribution is -2.65. The quantitative estimate of drug-likeness (QED) is 0.728. The van der Waals surface area contributed by atoms with Crippen LogP contribution in [0.4, 0.5) is 4.39 Å². The van der Waals surface area contributed by atoms with Gasteiger partial charge in [-0.3, -0.25) is 4.90 Å². The zero-order chi connectivity index (χ0) is 17.2. The van der Waals surface area contributed by atoms with E-state index in [0.29, 0.717) is 32.8 Å². The zero-order valence-corrected chi connectivity index (χ0v) is 14.6. The summed E-state index contributed by atoms with van der Waals surface area (Å²) in [7, 11) is -2.95. The third-order valence-corrected chi connectivity index (χ3v) is 6.57. The third-order valence-electron chi connectivity index (χ3n) is 4.89. The van der Waals surface area contributed by atoms with Crippen LogP contribution in [0.2, 0.25) is 0 Å². The van der Waals surface area contributed by atoms with Crippen molar-refractivity contribution in [2.75, 3.05) is 44.4 Å². The van der Waals surface area contributed by atoms with Crippen LogP contribution in [0.1, 0.15) is 13.3 Å². The molecule has 134 valence electrons. The first-order valence-electron chi connectivity index (χ1n) is 8.24. The van der Waals surface area contributed by atoms with Crippen LogP contribution in [-0.4, -0.2) is 68.3 Å². The number of hydrogen-bond acceptors (Lipinski definition) is 6. The number of halogens is 1. The fourth-order valence-electron chi connectivity index (χ4n) is 3.31. The predicted molar refractivity (Wildman–Crippen MR) is 87.2 cm³/mol. The molecule has 0 saturated carbocycles. The van der Waals surface area contributed by atoms with Crippen LogP contribution in [0.5, 0.6) is 5.88 Å². The number of rotatable bonds is 7. The van der Waals surface area contributed by atoms with Crippen LogP contribution in [0.3, 0.4) is 0 Å². The van der Waals surface area contributed by atoms with E-state index in [-0.39, 0.29) is 28.9 Å². The summed E-state index contributed by atoms with van der Waals surface area (Å²) < 4.78 is 48.2. The highest BCUT2D eigenvalue weighted by molar-refractivity contribution is 7.91. The Morgan fingerprint density at radius 1 is 1.50 bits per heavy atom. The minimum absolute atomic E-state index is 0.0183. The summed E-state index contributed by atoms with van der Waals surface area (Å²) in [6, 6.07) is 2.85. The van der Waals surface area contributed by atoms with Gasteiger partial charge in [0.15, 0.2) is 15.7 Å². The highest BCUT2D eigenvalue weighted by Crippen LogP contribution is 2.40. The van der Waals surface area contributed by atoms with Gasteiger partial charge in [-0.15, -0.1) is 0 Å². The second-order valence-corrected chi connectivity index (χ2v) is 8.92. The fourth-order valence-corrected chi connectivity index (χ4v) is 4.13. The number of likely N-dealkylation sites (tertiary alicyclic amines) is 1. The first-order chi connectivity index (χ1) is 11.4. The Morgan fingerprint density at radius 3 is 3.00 bits per heavy atom. The Bertz CT molecular complexity index is 676. The molecule has 8 heteroatoms. The summed E-state index contributed by atoms with van der Waals surface area (Å²) in [5, 5.41) is 0. The topological polar surface area (TPSA) is 68.7 Å². The van der Waals surface area contributed by atoms with E-state index in [0.717, 1.165) is 6.42 Å². The van der Waals surface area contributed by atoms with Crippen molar-refractivity contribution in [2.45, 2.75) is 18.9 Å². The summed E-state index contributed by atoms with van der Waals surface area (Å²) in [6.07, 6.45) is 2.36. The maximum atomic E-state index is 13.6. The van der Waals surface area contributed by atoms with Crippen LogP contribution in [0.25, 0.3) is 0 Å².